The van der Waals surface area contributed by atoms with Gasteiger partial charge in [0, 0.05) is 18.5 Å². The van der Waals surface area contributed by atoms with E-state index in [2.05, 4.69) is 9.72 Å². The van der Waals surface area contributed by atoms with Crippen molar-refractivity contribution < 1.29 is 23.4 Å². The molecule has 0 fully saturated rings. The molecule has 3 rings (SSSR count). The Morgan fingerprint density at radius 2 is 1.95 bits per heavy atom. The highest BCUT2D eigenvalue weighted by Gasteiger charge is 2.14. The van der Waals surface area contributed by atoms with Gasteiger partial charge in [0.1, 0.15) is 5.65 Å². The summed E-state index contributed by atoms with van der Waals surface area (Å²) in [6.45, 7) is 0. The van der Waals surface area contributed by atoms with Gasteiger partial charge in [-0.05, 0) is 12.1 Å². The molecule has 8 heteroatoms. The average Bonchev–Trinajstić information content (AvgIpc) is 2.44. The van der Waals surface area contributed by atoms with Gasteiger partial charge in [0.15, 0.2) is 17.4 Å². The van der Waals surface area contributed by atoms with Crippen molar-refractivity contribution in [1.29, 1.82) is 0 Å². The number of nitrogens with zero attached hydrogens (tertiary/aromatic N) is 2. The second kappa shape index (κ2) is 4.76. The van der Waals surface area contributed by atoms with Crippen LogP contribution in [0.3, 0.4) is 0 Å². The Hall–Kier alpha value is -3.03. The van der Waals surface area contributed by atoms with Gasteiger partial charge in [0.25, 0.3) is 0 Å². The van der Waals surface area contributed by atoms with Gasteiger partial charge in [-0.25, -0.2) is 18.6 Å². The molecule has 0 radical (unpaired) electrons. The van der Waals surface area contributed by atoms with E-state index < -0.39 is 29.0 Å². The smallest absolute Gasteiger partial charge is 0.449 e. The maximum atomic E-state index is 13.3. The van der Waals surface area contributed by atoms with Gasteiger partial charge in [-0.1, -0.05) is 0 Å². The van der Waals surface area contributed by atoms with Crippen molar-refractivity contribution in [1.82, 2.24) is 9.55 Å². The first-order valence-electron chi connectivity index (χ1n) is 6.07. The molecule has 0 aliphatic carbocycles. The van der Waals surface area contributed by atoms with Gasteiger partial charge in [-0.15, -0.1) is 0 Å². The van der Waals surface area contributed by atoms with Gasteiger partial charge in [-0.2, -0.15) is 0 Å². The number of hydrogen-bond acceptors (Lipinski definition) is 4. The van der Waals surface area contributed by atoms with E-state index in [0.29, 0.717) is 0 Å². The number of halogens is 2. The summed E-state index contributed by atoms with van der Waals surface area (Å²) < 4.78 is 32.3. The quantitative estimate of drug-likeness (QED) is 0.551. The van der Waals surface area contributed by atoms with Crippen molar-refractivity contribution in [2.75, 3.05) is 0 Å². The number of pyridine rings is 2. The van der Waals surface area contributed by atoms with Crippen LogP contribution in [0.5, 0.6) is 5.75 Å². The Bertz CT molecular complexity index is 998. The first-order chi connectivity index (χ1) is 10.4. The number of hydrogen-bond donors (Lipinski definition) is 1. The molecule has 22 heavy (non-hydrogen) atoms. The minimum absolute atomic E-state index is 0.0414. The van der Waals surface area contributed by atoms with Gasteiger partial charge in [0.05, 0.1) is 17.1 Å². The molecule has 0 unspecified atom stereocenters. The zero-order chi connectivity index (χ0) is 16.0. The van der Waals surface area contributed by atoms with E-state index in [1.54, 1.807) is 0 Å². The molecular formula is C14H8F2N2O4. The maximum absolute atomic E-state index is 13.3. The molecule has 0 atom stereocenters. The van der Waals surface area contributed by atoms with Crippen molar-refractivity contribution in [3.05, 3.63) is 46.3 Å². The van der Waals surface area contributed by atoms with Gasteiger partial charge in [0.2, 0.25) is 5.43 Å². The van der Waals surface area contributed by atoms with E-state index in [-0.39, 0.29) is 21.9 Å². The van der Waals surface area contributed by atoms with Crippen molar-refractivity contribution >= 4 is 28.1 Å². The number of ether oxygens (including phenoxy) is 1. The Kier molecular flexibility index (Phi) is 3.01. The Morgan fingerprint density at radius 3 is 2.64 bits per heavy atom. The summed E-state index contributed by atoms with van der Waals surface area (Å²) in [5.74, 6) is -2.51. The average molecular weight is 306 g/mol. The van der Waals surface area contributed by atoms with Crippen LogP contribution in [0.15, 0.2) is 29.2 Å². The molecule has 0 saturated heterocycles. The SMILES string of the molecule is Cn1cc(OC(=O)O)c(=O)c2cc3cc(F)c(F)cc3nc21. The van der Waals surface area contributed by atoms with Crippen LogP contribution in [-0.4, -0.2) is 20.8 Å². The van der Waals surface area contributed by atoms with Crippen molar-refractivity contribution in [3.63, 3.8) is 0 Å². The Labute approximate surface area is 121 Å². The minimum atomic E-state index is -1.63. The molecule has 0 amide bonds. The fourth-order valence-electron chi connectivity index (χ4n) is 2.19. The number of benzene rings is 1. The van der Waals surface area contributed by atoms with Crippen LogP contribution in [0.2, 0.25) is 0 Å². The van der Waals surface area contributed by atoms with Crippen LogP contribution in [0.1, 0.15) is 0 Å². The first-order valence-corrected chi connectivity index (χ1v) is 6.07. The van der Waals surface area contributed by atoms with Gasteiger partial charge < -0.3 is 14.4 Å². The molecular weight excluding hydrogens is 298 g/mol. The van der Waals surface area contributed by atoms with Crippen LogP contribution in [0.25, 0.3) is 21.9 Å². The normalized spacial score (nSPS) is 11.0. The molecule has 112 valence electrons. The maximum Gasteiger partial charge on any atom is 0.511 e. The summed E-state index contributed by atoms with van der Waals surface area (Å²) in [6.07, 6.45) is -0.462. The third-order valence-electron chi connectivity index (χ3n) is 3.15. The summed E-state index contributed by atoms with van der Waals surface area (Å²) in [5, 5.41) is 8.88. The van der Waals surface area contributed by atoms with E-state index in [1.165, 1.54) is 17.7 Å². The molecule has 2 heterocycles. The van der Waals surface area contributed by atoms with E-state index in [0.717, 1.165) is 18.3 Å². The summed E-state index contributed by atoms with van der Waals surface area (Å²) in [4.78, 5) is 26.9. The predicted molar refractivity (Wildman–Crippen MR) is 73.1 cm³/mol. The number of fused-ring (bicyclic) bond motifs is 2. The van der Waals surface area contributed by atoms with E-state index >= 15 is 0 Å². The topological polar surface area (TPSA) is 81.4 Å². The molecule has 3 aromatic rings. The minimum Gasteiger partial charge on any atom is -0.449 e. The van der Waals surface area contributed by atoms with Crippen LogP contribution >= 0.6 is 0 Å². The lowest BCUT2D eigenvalue weighted by atomic mass is 10.1. The van der Waals surface area contributed by atoms with Crippen LogP contribution in [-0.2, 0) is 7.05 Å². The highest BCUT2D eigenvalue weighted by molar-refractivity contribution is 5.91. The zero-order valence-corrected chi connectivity index (χ0v) is 11.1. The fourth-order valence-corrected chi connectivity index (χ4v) is 2.19. The van der Waals surface area contributed by atoms with Crippen LogP contribution in [0.4, 0.5) is 13.6 Å². The molecule has 0 aliphatic heterocycles. The van der Waals surface area contributed by atoms with Crippen molar-refractivity contribution in [2.24, 2.45) is 7.05 Å². The highest BCUT2D eigenvalue weighted by atomic mass is 19.2. The molecule has 1 N–H and O–H groups in total. The van der Waals surface area contributed by atoms with Crippen molar-refractivity contribution in [3.8, 4) is 5.75 Å². The second-order valence-electron chi connectivity index (χ2n) is 4.62. The molecule has 0 spiro atoms. The summed E-state index contributed by atoms with van der Waals surface area (Å²) in [6, 6.07) is 3.16. The largest absolute Gasteiger partial charge is 0.511 e. The molecule has 1 aromatic carbocycles. The number of carboxylic acid groups (broad SMARTS) is 1. The predicted octanol–water partition coefficient (Wildman–Crippen LogP) is 2.42. The van der Waals surface area contributed by atoms with Crippen LogP contribution in [0, 0.1) is 11.6 Å². The first kappa shape index (κ1) is 13.9. The lowest BCUT2D eigenvalue weighted by Gasteiger charge is -2.09. The highest BCUT2D eigenvalue weighted by Crippen LogP contribution is 2.22. The molecule has 2 aromatic heterocycles. The zero-order valence-electron chi connectivity index (χ0n) is 11.1. The standard InChI is InChI=1S/C14H8F2N2O4/c1-18-5-11(22-14(20)21)12(19)7-2-6-3-8(15)9(16)4-10(6)17-13(7)18/h2-5H,1H3,(H,20,21). The Balaban J connectivity index is 2.40. The summed E-state index contributed by atoms with van der Waals surface area (Å²) in [7, 11) is 1.52. The molecule has 0 bridgehead atoms. The number of carbonyl (C=O) groups is 1. The monoisotopic (exact) mass is 306 g/mol. The molecule has 0 aliphatic rings. The van der Waals surface area contributed by atoms with Crippen molar-refractivity contribution in [2.45, 2.75) is 0 Å². The number of aryl methyl sites for hydroxylation is 1. The lowest BCUT2D eigenvalue weighted by Crippen LogP contribution is -2.16. The third-order valence-corrected chi connectivity index (χ3v) is 3.15. The van der Waals surface area contributed by atoms with E-state index in [4.69, 9.17) is 5.11 Å². The fraction of sp³-hybridized carbons (Fsp3) is 0.0714. The van der Waals surface area contributed by atoms with E-state index in [1.807, 2.05) is 0 Å². The summed E-state index contributed by atoms with van der Waals surface area (Å²) in [5.41, 5.74) is -0.329. The van der Waals surface area contributed by atoms with Gasteiger partial charge >= 0.3 is 6.16 Å². The van der Waals surface area contributed by atoms with Gasteiger partial charge in [-0.3, -0.25) is 4.79 Å². The molecule has 6 nitrogen and oxygen atoms in total. The Morgan fingerprint density at radius 1 is 1.27 bits per heavy atom. The second-order valence-corrected chi connectivity index (χ2v) is 4.62. The number of aromatic nitrogens is 2. The third kappa shape index (κ3) is 2.14. The number of rotatable bonds is 1. The summed E-state index contributed by atoms with van der Waals surface area (Å²) >= 11 is 0. The van der Waals surface area contributed by atoms with Crippen LogP contribution < -0.4 is 10.2 Å². The van der Waals surface area contributed by atoms with E-state index in [9.17, 15) is 18.4 Å². The molecule has 0 saturated carbocycles. The lowest BCUT2D eigenvalue weighted by molar-refractivity contribution is 0.144.